The van der Waals surface area contributed by atoms with Gasteiger partial charge in [0.1, 0.15) is 5.78 Å². The van der Waals surface area contributed by atoms with Crippen LogP contribution in [0.2, 0.25) is 0 Å². The van der Waals surface area contributed by atoms with Gasteiger partial charge >= 0.3 is 0 Å². The molecule has 0 fully saturated rings. The second kappa shape index (κ2) is 8.57. The summed E-state index contributed by atoms with van der Waals surface area (Å²) in [4.78, 5) is 23.0. The van der Waals surface area contributed by atoms with Crippen molar-refractivity contribution in [2.45, 2.75) is 66.3 Å². The molecule has 0 unspecified atom stereocenters. The third-order valence-electron chi connectivity index (χ3n) is 2.79. The SMILES string of the molecule is CCCC(=O)NC(C)(C)CC(C)(C)C(C)=O.CS. The average molecular weight is 275 g/mol. The first-order valence-corrected chi connectivity index (χ1v) is 7.27. The van der Waals surface area contributed by atoms with Gasteiger partial charge in [-0.1, -0.05) is 20.8 Å². The molecule has 0 saturated carbocycles. The van der Waals surface area contributed by atoms with Crippen molar-refractivity contribution in [2.24, 2.45) is 5.41 Å². The van der Waals surface area contributed by atoms with E-state index in [1.165, 1.54) is 0 Å². The molecule has 0 atom stereocenters. The van der Waals surface area contributed by atoms with Crippen LogP contribution in [0.3, 0.4) is 0 Å². The number of carbonyl (C=O) groups is 2. The summed E-state index contributed by atoms with van der Waals surface area (Å²) < 4.78 is 0. The molecule has 0 aromatic heterocycles. The minimum atomic E-state index is -0.386. The molecule has 0 aromatic carbocycles. The molecule has 0 radical (unpaired) electrons. The monoisotopic (exact) mass is 275 g/mol. The molecular formula is C14H29NO2S. The molecule has 3 nitrogen and oxygen atoms in total. The predicted molar refractivity (Wildman–Crippen MR) is 81.1 cm³/mol. The number of Topliss-reactive ketones (excluding diaryl/α,β-unsaturated/α-hetero) is 1. The molecule has 0 aliphatic carbocycles. The van der Waals surface area contributed by atoms with E-state index in [1.807, 2.05) is 34.6 Å². The van der Waals surface area contributed by atoms with Crippen LogP contribution in [-0.2, 0) is 9.59 Å². The van der Waals surface area contributed by atoms with Crippen LogP contribution in [0.4, 0.5) is 0 Å². The highest BCUT2D eigenvalue weighted by Gasteiger charge is 2.32. The first-order chi connectivity index (χ1) is 8.10. The van der Waals surface area contributed by atoms with E-state index in [-0.39, 0.29) is 22.6 Å². The van der Waals surface area contributed by atoms with E-state index < -0.39 is 0 Å². The number of nitrogens with one attached hydrogen (secondary N) is 1. The van der Waals surface area contributed by atoms with E-state index in [2.05, 4.69) is 17.9 Å². The van der Waals surface area contributed by atoms with Crippen molar-refractivity contribution in [1.82, 2.24) is 5.32 Å². The Balaban J connectivity index is 0. The summed E-state index contributed by atoms with van der Waals surface area (Å²) >= 11 is 3.53. The zero-order chi connectivity index (χ0) is 15.0. The van der Waals surface area contributed by atoms with E-state index >= 15 is 0 Å². The minimum absolute atomic E-state index is 0.0619. The van der Waals surface area contributed by atoms with Gasteiger partial charge in [0.15, 0.2) is 0 Å². The van der Waals surface area contributed by atoms with Crippen LogP contribution in [0.25, 0.3) is 0 Å². The first-order valence-electron chi connectivity index (χ1n) is 6.37. The number of carbonyl (C=O) groups excluding carboxylic acids is 2. The van der Waals surface area contributed by atoms with Gasteiger partial charge in [-0.25, -0.2) is 0 Å². The smallest absolute Gasteiger partial charge is 0.220 e. The Morgan fingerprint density at radius 3 is 1.89 bits per heavy atom. The number of hydrogen-bond acceptors (Lipinski definition) is 3. The van der Waals surface area contributed by atoms with Crippen molar-refractivity contribution in [1.29, 1.82) is 0 Å². The second-order valence-corrected chi connectivity index (χ2v) is 5.80. The highest BCUT2D eigenvalue weighted by Crippen LogP contribution is 2.28. The summed E-state index contributed by atoms with van der Waals surface area (Å²) in [7, 11) is 0. The fourth-order valence-corrected chi connectivity index (χ4v) is 1.94. The van der Waals surface area contributed by atoms with Gasteiger partial charge in [0.2, 0.25) is 5.91 Å². The molecule has 0 spiro atoms. The molecule has 0 aliphatic rings. The highest BCUT2D eigenvalue weighted by molar-refractivity contribution is 7.79. The molecule has 0 saturated heterocycles. The van der Waals surface area contributed by atoms with Crippen molar-refractivity contribution in [2.75, 3.05) is 6.26 Å². The molecule has 0 bridgehead atoms. The largest absolute Gasteiger partial charge is 0.351 e. The van der Waals surface area contributed by atoms with Crippen molar-refractivity contribution >= 4 is 24.3 Å². The fourth-order valence-electron chi connectivity index (χ4n) is 1.94. The molecule has 18 heavy (non-hydrogen) atoms. The van der Waals surface area contributed by atoms with Gasteiger partial charge in [-0.2, -0.15) is 12.6 Å². The third kappa shape index (κ3) is 8.56. The molecule has 4 heteroatoms. The Morgan fingerprint density at radius 1 is 1.11 bits per heavy atom. The highest BCUT2D eigenvalue weighted by atomic mass is 32.1. The molecule has 0 heterocycles. The van der Waals surface area contributed by atoms with Crippen molar-refractivity contribution in [3.63, 3.8) is 0 Å². The second-order valence-electron chi connectivity index (χ2n) is 5.80. The topological polar surface area (TPSA) is 46.2 Å². The number of amides is 1. The maximum atomic E-state index is 11.5. The Labute approximate surface area is 118 Å². The Bertz CT molecular complexity index is 273. The summed E-state index contributed by atoms with van der Waals surface area (Å²) in [5, 5.41) is 2.98. The molecular weight excluding hydrogens is 246 g/mol. The van der Waals surface area contributed by atoms with Crippen molar-refractivity contribution in [3.05, 3.63) is 0 Å². The summed E-state index contributed by atoms with van der Waals surface area (Å²) in [6.45, 7) is 11.3. The van der Waals surface area contributed by atoms with Gasteiger partial charge in [-0.3, -0.25) is 9.59 Å². The zero-order valence-electron chi connectivity index (χ0n) is 12.9. The molecule has 0 rings (SSSR count). The maximum absolute atomic E-state index is 11.5. The lowest BCUT2D eigenvalue weighted by Gasteiger charge is -2.34. The lowest BCUT2D eigenvalue weighted by atomic mass is 9.77. The van der Waals surface area contributed by atoms with Gasteiger partial charge < -0.3 is 5.32 Å². The van der Waals surface area contributed by atoms with E-state index in [4.69, 9.17) is 0 Å². The average Bonchev–Trinajstić information content (AvgIpc) is 2.17. The zero-order valence-corrected chi connectivity index (χ0v) is 13.8. The predicted octanol–water partition coefficient (Wildman–Crippen LogP) is 3.23. The van der Waals surface area contributed by atoms with Crippen LogP contribution >= 0.6 is 12.6 Å². The van der Waals surface area contributed by atoms with Crippen LogP contribution in [0.5, 0.6) is 0 Å². The molecule has 1 amide bonds. The number of thiol groups is 1. The summed E-state index contributed by atoms with van der Waals surface area (Å²) in [6, 6.07) is 0. The minimum Gasteiger partial charge on any atom is -0.351 e. The Morgan fingerprint density at radius 2 is 1.56 bits per heavy atom. The van der Waals surface area contributed by atoms with Gasteiger partial charge in [0, 0.05) is 17.4 Å². The van der Waals surface area contributed by atoms with E-state index in [1.54, 1.807) is 13.2 Å². The molecule has 1 N–H and O–H groups in total. The summed E-state index contributed by atoms with van der Waals surface area (Å²) in [5.41, 5.74) is -0.718. The normalized spacial score (nSPS) is 11.3. The maximum Gasteiger partial charge on any atom is 0.220 e. The van der Waals surface area contributed by atoms with E-state index in [0.717, 1.165) is 6.42 Å². The molecule has 108 valence electrons. The van der Waals surface area contributed by atoms with Crippen molar-refractivity contribution in [3.8, 4) is 0 Å². The van der Waals surface area contributed by atoms with Gasteiger partial charge in [0.05, 0.1) is 0 Å². The van der Waals surface area contributed by atoms with Crippen molar-refractivity contribution < 1.29 is 9.59 Å². The molecule has 0 aliphatic heterocycles. The summed E-state index contributed by atoms with van der Waals surface area (Å²) in [5.74, 6) is 0.220. The van der Waals surface area contributed by atoms with Crippen LogP contribution in [0, 0.1) is 5.41 Å². The number of rotatable bonds is 6. The van der Waals surface area contributed by atoms with Gasteiger partial charge in [0.25, 0.3) is 0 Å². The Hall–Kier alpha value is -0.510. The molecule has 0 aromatic rings. The van der Waals surface area contributed by atoms with Gasteiger partial charge in [-0.15, -0.1) is 0 Å². The van der Waals surface area contributed by atoms with E-state index in [9.17, 15) is 9.59 Å². The standard InChI is InChI=1S/C13H25NO2.CH4S/c1-7-8-11(16)14-13(5,6)9-12(3,4)10(2)15;1-2/h7-9H2,1-6H3,(H,14,16);2H,1H3. The van der Waals surface area contributed by atoms with Crippen LogP contribution in [-0.4, -0.2) is 23.5 Å². The first kappa shape index (κ1) is 19.8. The van der Waals surface area contributed by atoms with Gasteiger partial charge in [-0.05, 0) is 39.9 Å². The van der Waals surface area contributed by atoms with Crippen LogP contribution < -0.4 is 5.32 Å². The quantitative estimate of drug-likeness (QED) is 0.731. The lowest BCUT2D eigenvalue weighted by molar-refractivity contribution is -0.128. The van der Waals surface area contributed by atoms with E-state index in [0.29, 0.717) is 12.8 Å². The summed E-state index contributed by atoms with van der Waals surface area (Å²) in [6.07, 6.45) is 3.74. The van der Waals surface area contributed by atoms with Crippen LogP contribution in [0.1, 0.15) is 60.8 Å². The third-order valence-corrected chi connectivity index (χ3v) is 2.79. The van der Waals surface area contributed by atoms with Crippen LogP contribution in [0.15, 0.2) is 0 Å². The lowest BCUT2D eigenvalue weighted by Crippen LogP contribution is -2.47. The number of hydrogen-bond donors (Lipinski definition) is 2. The Kier molecular flexibility index (Phi) is 9.43. The number of ketones is 1. The fraction of sp³-hybridized carbons (Fsp3) is 0.857.